The number of hydrogen-bond acceptors (Lipinski definition) is 8. The van der Waals surface area contributed by atoms with E-state index in [4.69, 9.17) is 18.9 Å². The van der Waals surface area contributed by atoms with Crippen molar-refractivity contribution in [1.29, 1.82) is 0 Å². The van der Waals surface area contributed by atoms with E-state index in [0.29, 0.717) is 17.1 Å². The van der Waals surface area contributed by atoms with Crippen LogP contribution in [0.2, 0.25) is 0 Å². The van der Waals surface area contributed by atoms with E-state index >= 15 is 0 Å². The summed E-state index contributed by atoms with van der Waals surface area (Å²) < 4.78 is 21.1. The molecule has 1 N–H and O–H groups in total. The fourth-order valence-electron chi connectivity index (χ4n) is 2.91. The molecule has 1 aliphatic rings. The number of thiophene rings is 1. The van der Waals surface area contributed by atoms with Gasteiger partial charge < -0.3 is 24.3 Å². The van der Waals surface area contributed by atoms with Crippen molar-refractivity contribution in [3.63, 3.8) is 0 Å². The van der Waals surface area contributed by atoms with Gasteiger partial charge in [-0.05, 0) is 64.0 Å². The predicted molar refractivity (Wildman–Crippen MR) is 120 cm³/mol. The van der Waals surface area contributed by atoms with Gasteiger partial charge in [-0.2, -0.15) is 0 Å². The molecule has 0 radical (unpaired) electrons. The fourth-order valence-corrected chi connectivity index (χ4v) is 3.99. The summed E-state index contributed by atoms with van der Waals surface area (Å²) in [7, 11) is 0. The first kappa shape index (κ1) is 23.3. The highest BCUT2D eigenvalue weighted by atomic mass is 32.1. The normalized spacial score (nSPS) is 12.7. The van der Waals surface area contributed by atoms with Crippen LogP contribution in [0.25, 0.3) is 6.08 Å². The van der Waals surface area contributed by atoms with Gasteiger partial charge in [-0.15, -0.1) is 11.3 Å². The van der Waals surface area contributed by atoms with Crippen molar-refractivity contribution in [2.24, 2.45) is 0 Å². The summed E-state index contributed by atoms with van der Waals surface area (Å²) in [5.41, 5.74) is 0.584. The van der Waals surface area contributed by atoms with Crippen LogP contribution in [-0.2, 0) is 14.3 Å². The molecule has 0 spiro atoms. The highest BCUT2D eigenvalue weighted by Gasteiger charge is 2.29. The van der Waals surface area contributed by atoms with E-state index in [1.165, 1.54) is 6.08 Å². The third kappa shape index (κ3) is 5.47. The van der Waals surface area contributed by atoms with Crippen LogP contribution in [0, 0.1) is 6.92 Å². The second-order valence-corrected chi connectivity index (χ2v) is 8.94. The molecule has 170 valence electrons. The molecule has 2 aromatic rings. The highest BCUT2D eigenvalue weighted by molar-refractivity contribution is 7.18. The van der Waals surface area contributed by atoms with E-state index in [-0.39, 0.29) is 28.8 Å². The van der Waals surface area contributed by atoms with Crippen molar-refractivity contribution in [2.45, 2.75) is 40.2 Å². The number of ether oxygens (including phenoxy) is 4. The Bertz CT molecular complexity index is 1080. The number of carbonyl (C=O) groups excluding carboxylic acids is 3. The zero-order valence-electron chi connectivity index (χ0n) is 18.6. The summed E-state index contributed by atoms with van der Waals surface area (Å²) in [4.78, 5) is 37.9. The summed E-state index contributed by atoms with van der Waals surface area (Å²) in [6, 6.07) is 5.30. The lowest BCUT2D eigenvalue weighted by Crippen LogP contribution is -2.23. The van der Waals surface area contributed by atoms with Crippen molar-refractivity contribution in [3.8, 4) is 11.5 Å². The number of hydrogen-bond donors (Lipinski definition) is 1. The first-order valence-corrected chi connectivity index (χ1v) is 10.8. The molecule has 0 saturated heterocycles. The minimum absolute atomic E-state index is 0.141. The number of carbonyl (C=O) groups is 3. The summed E-state index contributed by atoms with van der Waals surface area (Å²) in [5.74, 6) is -0.402. The molecular weight excluding hydrogens is 434 g/mol. The summed E-state index contributed by atoms with van der Waals surface area (Å²) in [6.07, 6.45) is 2.94. The van der Waals surface area contributed by atoms with E-state index in [0.717, 1.165) is 16.9 Å². The highest BCUT2D eigenvalue weighted by Crippen LogP contribution is 2.35. The molecule has 8 nitrogen and oxygen atoms in total. The Hall–Kier alpha value is -3.33. The van der Waals surface area contributed by atoms with Crippen LogP contribution < -0.4 is 14.8 Å². The second-order valence-electron chi connectivity index (χ2n) is 7.92. The van der Waals surface area contributed by atoms with E-state index in [1.54, 1.807) is 58.9 Å². The Morgan fingerprint density at radius 1 is 1.16 bits per heavy atom. The average Bonchev–Trinajstić information content (AvgIpc) is 3.29. The van der Waals surface area contributed by atoms with Gasteiger partial charge in [-0.3, -0.25) is 4.79 Å². The lowest BCUT2D eigenvalue weighted by Gasteiger charge is -2.19. The quantitative estimate of drug-likeness (QED) is 0.499. The minimum Gasteiger partial charge on any atom is -0.462 e. The molecule has 1 aromatic heterocycles. The Morgan fingerprint density at radius 2 is 1.88 bits per heavy atom. The Kier molecular flexibility index (Phi) is 6.88. The molecule has 0 unspecified atom stereocenters. The molecule has 32 heavy (non-hydrogen) atoms. The van der Waals surface area contributed by atoms with Crippen LogP contribution in [-0.4, -0.2) is 36.8 Å². The van der Waals surface area contributed by atoms with Gasteiger partial charge in [0, 0.05) is 6.08 Å². The molecule has 1 aromatic carbocycles. The largest absolute Gasteiger partial charge is 0.462 e. The monoisotopic (exact) mass is 459 g/mol. The van der Waals surface area contributed by atoms with Gasteiger partial charge in [0.25, 0.3) is 0 Å². The third-order valence-corrected chi connectivity index (χ3v) is 5.46. The van der Waals surface area contributed by atoms with Crippen molar-refractivity contribution in [2.75, 3.05) is 18.7 Å². The topological polar surface area (TPSA) is 100 Å². The standard InChI is InChI=1S/C23H25NO7S/c1-6-28-21(26)18-13(2)19(22(27)31-23(3,4)5)32-20(18)24-17(25)10-8-14-7-9-15-16(11-14)30-12-29-15/h7-11H,6,12H2,1-5H3,(H,24,25)/b10-8+. The molecule has 0 fully saturated rings. The molecule has 0 saturated carbocycles. The molecule has 0 atom stereocenters. The molecular formula is C23H25NO7S. The number of nitrogens with one attached hydrogen (secondary N) is 1. The van der Waals surface area contributed by atoms with Crippen LogP contribution in [0.1, 0.15) is 58.9 Å². The maximum Gasteiger partial charge on any atom is 0.349 e. The zero-order valence-corrected chi connectivity index (χ0v) is 19.4. The van der Waals surface area contributed by atoms with Gasteiger partial charge >= 0.3 is 11.9 Å². The molecule has 1 amide bonds. The van der Waals surface area contributed by atoms with E-state index in [2.05, 4.69) is 5.32 Å². The molecule has 9 heteroatoms. The van der Waals surface area contributed by atoms with Gasteiger partial charge in [0.1, 0.15) is 15.5 Å². The van der Waals surface area contributed by atoms with Crippen molar-refractivity contribution < 1.29 is 33.3 Å². The van der Waals surface area contributed by atoms with Gasteiger partial charge in [0.2, 0.25) is 12.7 Å². The zero-order chi connectivity index (χ0) is 23.5. The fraction of sp³-hybridized carbons (Fsp3) is 0.348. The van der Waals surface area contributed by atoms with Crippen LogP contribution in [0.15, 0.2) is 24.3 Å². The van der Waals surface area contributed by atoms with Crippen LogP contribution in [0.4, 0.5) is 5.00 Å². The number of rotatable bonds is 6. The first-order chi connectivity index (χ1) is 15.1. The van der Waals surface area contributed by atoms with Crippen molar-refractivity contribution in [1.82, 2.24) is 0 Å². The molecule has 1 aliphatic heterocycles. The van der Waals surface area contributed by atoms with Gasteiger partial charge in [-0.1, -0.05) is 6.07 Å². The maximum atomic E-state index is 12.6. The number of amides is 1. The van der Waals surface area contributed by atoms with Crippen LogP contribution >= 0.6 is 11.3 Å². The predicted octanol–water partition coefficient (Wildman–Crippen LogP) is 4.57. The number of benzene rings is 1. The van der Waals surface area contributed by atoms with E-state index in [1.807, 2.05) is 0 Å². The smallest absolute Gasteiger partial charge is 0.349 e. The average molecular weight is 460 g/mol. The van der Waals surface area contributed by atoms with Crippen molar-refractivity contribution >= 4 is 40.3 Å². The summed E-state index contributed by atoms with van der Waals surface area (Å²) >= 11 is 0.978. The summed E-state index contributed by atoms with van der Waals surface area (Å²) in [6.45, 7) is 8.89. The Balaban J connectivity index is 1.83. The van der Waals surface area contributed by atoms with Crippen LogP contribution in [0.5, 0.6) is 11.5 Å². The van der Waals surface area contributed by atoms with Crippen LogP contribution in [0.3, 0.4) is 0 Å². The molecule has 2 heterocycles. The number of esters is 2. The SMILES string of the molecule is CCOC(=O)c1c(NC(=O)/C=C/c2ccc3c(c2)OCO3)sc(C(=O)OC(C)(C)C)c1C. The number of fused-ring (bicyclic) bond motifs is 1. The summed E-state index contributed by atoms with van der Waals surface area (Å²) in [5, 5.41) is 2.90. The van der Waals surface area contributed by atoms with Gasteiger partial charge in [0.05, 0.1) is 12.2 Å². The molecule has 0 aliphatic carbocycles. The lowest BCUT2D eigenvalue weighted by molar-refractivity contribution is -0.111. The van der Waals surface area contributed by atoms with Gasteiger partial charge in [0.15, 0.2) is 11.5 Å². The number of anilines is 1. The van der Waals surface area contributed by atoms with E-state index in [9.17, 15) is 14.4 Å². The van der Waals surface area contributed by atoms with Gasteiger partial charge in [-0.25, -0.2) is 9.59 Å². The maximum absolute atomic E-state index is 12.6. The first-order valence-electron chi connectivity index (χ1n) is 10.0. The lowest BCUT2D eigenvalue weighted by atomic mass is 10.1. The Labute approximate surface area is 190 Å². The molecule has 3 rings (SSSR count). The second kappa shape index (κ2) is 9.44. The Morgan fingerprint density at radius 3 is 2.56 bits per heavy atom. The third-order valence-electron chi connectivity index (χ3n) is 4.27. The van der Waals surface area contributed by atoms with Crippen molar-refractivity contribution in [3.05, 3.63) is 45.8 Å². The minimum atomic E-state index is -0.700. The van der Waals surface area contributed by atoms with E-state index < -0.39 is 23.4 Å². The molecule has 0 bridgehead atoms.